The van der Waals surface area contributed by atoms with Crippen molar-refractivity contribution in [2.24, 2.45) is 11.8 Å². The van der Waals surface area contributed by atoms with E-state index in [1.165, 1.54) is 12.8 Å². The summed E-state index contributed by atoms with van der Waals surface area (Å²) in [4.78, 5) is 13.1. The van der Waals surface area contributed by atoms with Crippen molar-refractivity contribution in [1.82, 2.24) is 4.90 Å². The minimum atomic E-state index is -0.601. The highest BCUT2D eigenvalue weighted by Gasteiger charge is 2.45. The van der Waals surface area contributed by atoms with Crippen molar-refractivity contribution >= 4 is 5.97 Å². The van der Waals surface area contributed by atoms with E-state index in [0.717, 1.165) is 13.0 Å². The van der Waals surface area contributed by atoms with E-state index in [4.69, 9.17) is 5.11 Å². The van der Waals surface area contributed by atoms with E-state index >= 15 is 0 Å². The molecule has 2 fully saturated rings. The maximum atomic E-state index is 10.9. The van der Waals surface area contributed by atoms with Crippen molar-refractivity contribution in [3.05, 3.63) is 0 Å². The highest BCUT2D eigenvalue weighted by atomic mass is 16.4. The zero-order valence-electron chi connectivity index (χ0n) is 7.36. The molecule has 1 saturated carbocycles. The molecule has 3 heteroatoms. The van der Waals surface area contributed by atoms with Crippen LogP contribution in [0.3, 0.4) is 0 Å². The van der Waals surface area contributed by atoms with Crippen LogP contribution in [0.2, 0.25) is 0 Å². The Kier molecular flexibility index (Phi) is 1.83. The Hall–Kier alpha value is -0.570. The fraction of sp³-hybridized carbons (Fsp3) is 0.889. The van der Waals surface area contributed by atoms with Crippen molar-refractivity contribution < 1.29 is 9.90 Å². The molecule has 0 amide bonds. The number of aliphatic carboxylic acids is 1. The Bertz CT molecular complexity index is 201. The van der Waals surface area contributed by atoms with Gasteiger partial charge >= 0.3 is 5.97 Å². The number of carboxylic acid groups (broad SMARTS) is 1. The van der Waals surface area contributed by atoms with Crippen LogP contribution in [0.5, 0.6) is 0 Å². The van der Waals surface area contributed by atoms with Gasteiger partial charge in [0, 0.05) is 6.04 Å². The molecule has 2 rings (SSSR count). The lowest BCUT2D eigenvalue weighted by Crippen LogP contribution is -2.34. The van der Waals surface area contributed by atoms with Gasteiger partial charge in [0.1, 0.15) is 0 Å². The topological polar surface area (TPSA) is 40.5 Å². The second-order valence-electron chi connectivity index (χ2n) is 4.04. The standard InChI is InChI=1S/C9H15NO2/c1-10-5-4-7(9(11)12)8(10)6-2-3-6/h6-8H,2-5H2,1H3,(H,11,12)/t7-,8+/m0/s1. The van der Waals surface area contributed by atoms with E-state index < -0.39 is 5.97 Å². The predicted octanol–water partition coefficient (Wildman–Crippen LogP) is 0.801. The molecule has 3 nitrogen and oxygen atoms in total. The lowest BCUT2D eigenvalue weighted by molar-refractivity contribution is -0.142. The molecule has 0 aromatic heterocycles. The van der Waals surface area contributed by atoms with Crippen LogP contribution >= 0.6 is 0 Å². The second kappa shape index (κ2) is 2.73. The molecule has 0 bridgehead atoms. The maximum Gasteiger partial charge on any atom is 0.308 e. The van der Waals surface area contributed by atoms with Crippen LogP contribution in [-0.4, -0.2) is 35.6 Å². The van der Waals surface area contributed by atoms with Gasteiger partial charge in [-0.05, 0) is 38.8 Å². The second-order valence-corrected chi connectivity index (χ2v) is 4.04. The summed E-state index contributed by atoms with van der Waals surface area (Å²) in [6.07, 6.45) is 3.31. The number of nitrogens with zero attached hydrogens (tertiary/aromatic N) is 1. The molecule has 12 heavy (non-hydrogen) atoms. The van der Waals surface area contributed by atoms with Gasteiger partial charge in [0.05, 0.1) is 5.92 Å². The Morgan fingerprint density at radius 1 is 1.42 bits per heavy atom. The van der Waals surface area contributed by atoms with Crippen molar-refractivity contribution in [3.63, 3.8) is 0 Å². The summed E-state index contributed by atoms with van der Waals surface area (Å²) in [5.41, 5.74) is 0. The monoisotopic (exact) mass is 169 g/mol. The first-order chi connectivity index (χ1) is 5.70. The van der Waals surface area contributed by atoms with E-state index in [1.54, 1.807) is 0 Å². The molecule has 0 aromatic carbocycles. The van der Waals surface area contributed by atoms with Crippen LogP contribution < -0.4 is 0 Å². The molecule has 1 N–H and O–H groups in total. The average Bonchev–Trinajstić information content (AvgIpc) is 2.75. The Balaban J connectivity index is 2.08. The summed E-state index contributed by atoms with van der Waals surface area (Å²) in [5, 5.41) is 8.95. The van der Waals surface area contributed by atoms with Crippen LogP contribution in [0.4, 0.5) is 0 Å². The Morgan fingerprint density at radius 2 is 2.08 bits per heavy atom. The summed E-state index contributed by atoms with van der Waals surface area (Å²) in [6.45, 7) is 0.956. The van der Waals surface area contributed by atoms with Gasteiger partial charge in [0.2, 0.25) is 0 Å². The molecule has 1 aliphatic carbocycles. The largest absolute Gasteiger partial charge is 0.481 e. The van der Waals surface area contributed by atoms with Crippen molar-refractivity contribution in [2.45, 2.75) is 25.3 Å². The average molecular weight is 169 g/mol. The molecule has 0 radical (unpaired) electrons. The van der Waals surface area contributed by atoms with E-state index in [0.29, 0.717) is 12.0 Å². The number of carbonyl (C=O) groups is 1. The van der Waals surface area contributed by atoms with Crippen LogP contribution in [0.25, 0.3) is 0 Å². The molecule has 0 spiro atoms. The number of carboxylic acids is 1. The predicted molar refractivity (Wildman–Crippen MR) is 44.9 cm³/mol. The highest BCUT2D eigenvalue weighted by molar-refractivity contribution is 5.71. The van der Waals surface area contributed by atoms with E-state index in [2.05, 4.69) is 4.90 Å². The first-order valence-electron chi connectivity index (χ1n) is 4.63. The van der Waals surface area contributed by atoms with Gasteiger partial charge in [-0.25, -0.2) is 0 Å². The normalized spacial score (nSPS) is 37.1. The van der Waals surface area contributed by atoms with Gasteiger partial charge in [0.15, 0.2) is 0 Å². The van der Waals surface area contributed by atoms with Crippen LogP contribution in [0, 0.1) is 11.8 Å². The fourth-order valence-corrected chi connectivity index (χ4v) is 2.37. The van der Waals surface area contributed by atoms with E-state index in [-0.39, 0.29) is 5.92 Å². The summed E-state index contributed by atoms with van der Waals surface area (Å²) < 4.78 is 0. The zero-order valence-corrected chi connectivity index (χ0v) is 7.36. The van der Waals surface area contributed by atoms with E-state index in [1.807, 2.05) is 7.05 Å². The number of hydrogen-bond acceptors (Lipinski definition) is 2. The third-order valence-electron chi connectivity index (χ3n) is 3.14. The summed E-state index contributed by atoms with van der Waals surface area (Å²) in [6, 6.07) is 0.336. The van der Waals surface area contributed by atoms with Crippen LogP contribution in [-0.2, 0) is 4.79 Å². The molecule has 2 atom stereocenters. The lowest BCUT2D eigenvalue weighted by atomic mass is 9.97. The summed E-state index contributed by atoms with van der Waals surface area (Å²) >= 11 is 0. The molecule has 1 heterocycles. The van der Waals surface area contributed by atoms with Gasteiger partial charge < -0.3 is 10.0 Å². The smallest absolute Gasteiger partial charge is 0.308 e. The summed E-state index contributed by atoms with van der Waals surface area (Å²) in [7, 11) is 2.05. The maximum absolute atomic E-state index is 10.9. The minimum absolute atomic E-state index is 0.0949. The molecule has 2 aliphatic rings. The van der Waals surface area contributed by atoms with Crippen LogP contribution in [0.1, 0.15) is 19.3 Å². The quantitative estimate of drug-likeness (QED) is 0.664. The third-order valence-corrected chi connectivity index (χ3v) is 3.14. The van der Waals surface area contributed by atoms with Gasteiger partial charge in [-0.15, -0.1) is 0 Å². The minimum Gasteiger partial charge on any atom is -0.481 e. The third kappa shape index (κ3) is 1.22. The Labute approximate surface area is 72.4 Å². The zero-order chi connectivity index (χ0) is 8.72. The number of rotatable bonds is 2. The van der Waals surface area contributed by atoms with Gasteiger partial charge in [-0.1, -0.05) is 0 Å². The molecule has 0 aromatic rings. The SMILES string of the molecule is CN1CC[C@H](C(=O)O)[C@H]1C1CC1. The number of likely N-dealkylation sites (tertiary alicyclic amines) is 1. The van der Waals surface area contributed by atoms with Gasteiger partial charge in [0.25, 0.3) is 0 Å². The lowest BCUT2D eigenvalue weighted by Gasteiger charge is -2.22. The van der Waals surface area contributed by atoms with Crippen molar-refractivity contribution in [3.8, 4) is 0 Å². The van der Waals surface area contributed by atoms with Crippen molar-refractivity contribution in [2.75, 3.05) is 13.6 Å². The van der Waals surface area contributed by atoms with Crippen LogP contribution in [0.15, 0.2) is 0 Å². The molecule has 1 aliphatic heterocycles. The highest BCUT2D eigenvalue weighted by Crippen LogP contribution is 2.42. The molecule has 1 saturated heterocycles. The number of hydrogen-bond donors (Lipinski definition) is 1. The van der Waals surface area contributed by atoms with Crippen molar-refractivity contribution in [1.29, 1.82) is 0 Å². The molecular formula is C9H15NO2. The first kappa shape index (κ1) is 8.05. The molecule has 0 unspecified atom stereocenters. The van der Waals surface area contributed by atoms with Gasteiger partial charge in [-0.3, -0.25) is 4.79 Å². The fourth-order valence-electron chi connectivity index (χ4n) is 2.37. The van der Waals surface area contributed by atoms with E-state index in [9.17, 15) is 4.79 Å². The Morgan fingerprint density at radius 3 is 2.58 bits per heavy atom. The van der Waals surface area contributed by atoms with Gasteiger partial charge in [-0.2, -0.15) is 0 Å². The molecular weight excluding hydrogens is 154 g/mol. The molecule has 68 valence electrons. The first-order valence-corrected chi connectivity index (χ1v) is 4.63. The summed E-state index contributed by atoms with van der Waals surface area (Å²) in [5.74, 6) is -0.0163.